The summed E-state index contributed by atoms with van der Waals surface area (Å²) >= 11 is 0. The molecular formula is C120H157N8O2+. The number of rotatable bonds is 12. The lowest BCUT2D eigenvalue weighted by Gasteiger charge is -2.34. The summed E-state index contributed by atoms with van der Waals surface area (Å²) in [4.78, 5) is 14.4. The normalized spacial score (nSPS) is 12.8. The quantitative estimate of drug-likeness (QED) is 0.111. The lowest BCUT2D eigenvalue weighted by atomic mass is 9.76. The first-order valence-electron chi connectivity index (χ1n) is 47.5. The van der Waals surface area contributed by atoms with Crippen molar-refractivity contribution in [3.63, 3.8) is 0 Å². The van der Waals surface area contributed by atoms with Crippen molar-refractivity contribution in [1.29, 1.82) is 0 Å². The molecule has 2 aliphatic rings. The molecule has 0 saturated carbocycles. The summed E-state index contributed by atoms with van der Waals surface area (Å²) in [5, 5.41) is 18.6. The van der Waals surface area contributed by atoms with E-state index in [0.29, 0.717) is 28.7 Å². The summed E-state index contributed by atoms with van der Waals surface area (Å²) in [6.45, 7) is 61.6. The minimum Gasteiger partial charge on any atom is -0.497 e. The van der Waals surface area contributed by atoms with Gasteiger partial charge in [-0.05, 0) is 227 Å². The van der Waals surface area contributed by atoms with Crippen molar-refractivity contribution in [2.24, 2.45) is 16.7 Å². The average molecular weight is 1740 g/mol. The number of benzene rings is 10. The second-order valence-corrected chi connectivity index (χ2v) is 42.0. The predicted octanol–water partition coefficient (Wildman–Crippen LogP) is 31.4. The van der Waals surface area contributed by atoms with Gasteiger partial charge < -0.3 is 19.3 Å². The number of fused-ring (bicyclic) bond motifs is 4. The fourth-order valence-corrected chi connectivity index (χ4v) is 15.7. The zero-order valence-corrected chi connectivity index (χ0v) is 84.6. The van der Waals surface area contributed by atoms with Crippen molar-refractivity contribution in [2.75, 3.05) is 43.7 Å². The summed E-state index contributed by atoms with van der Waals surface area (Å²) in [5.74, 6) is 3.73. The maximum absolute atomic E-state index is 5.35. The smallest absolute Gasteiger partial charge is 0.197 e. The third kappa shape index (κ3) is 33.2. The molecule has 0 amide bonds. The second-order valence-electron chi connectivity index (χ2n) is 42.0. The van der Waals surface area contributed by atoms with Gasteiger partial charge in [0, 0.05) is 115 Å². The van der Waals surface area contributed by atoms with Crippen molar-refractivity contribution in [3.8, 4) is 33.9 Å². The van der Waals surface area contributed by atoms with Crippen LogP contribution in [0, 0.1) is 23.7 Å². The van der Waals surface area contributed by atoms with Gasteiger partial charge in [-0.15, -0.1) is 0 Å². The van der Waals surface area contributed by atoms with Gasteiger partial charge in [0.2, 0.25) is 0 Å². The molecule has 688 valence electrons. The van der Waals surface area contributed by atoms with E-state index in [1.807, 2.05) is 102 Å². The zero-order valence-electron chi connectivity index (χ0n) is 84.6. The molecule has 0 bridgehead atoms. The number of aromatic nitrogens is 6. The zero-order chi connectivity index (χ0) is 95.0. The van der Waals surface area contributed by atoms with Crippen molar-refractivity contribution in [2.45, 2.75) is 265 Å². The van der Waals surface area contributed by atoms with E-state index < -0.39 is 0 Å². The molecular weight excluding hydrogens is 1590 g/mol. The molecule has 0 N–H and O–H groups in total. The molecule has 14 aromatic rings. The van der Waals surface area contributed by atoms with Crippen LogP contribution in [-0.2, 0) is 41.0 Å². The molecule has 6 heterocycles. The molecule has 0 radical (unpaired) electrons. The summed E-state index contributed by atoms with van der Waals surface area (Å²) in [6.07, 6.45) is 16.4. The van der Waals surface area contributed by atoms with E-state index in [1.165, 1.54) is 141 Å². The molecule has 130 heavy (non-hydrogen) atoms. The summed E-state index contributed by atoms with van der Waals surface area (Å²) in [7, 11) is 3.37. The Bertz CT molecular complexity index is 5640. The number of aryl methyl sites for hydroxylation is 3. The largest absolute Gasteiger partial charge is 0.497 e. The number of anilines is 2. The number of pyridine rings is 2. The van der Waals surface area contributed by atoms with E-state index in [-0.39, 0.29) is 21.8 Å². The van der Waals surface area contributed by atoms with E-state index in [9.17, 15) is 0 Å². The molecule has 1 fully saturated rings. The Morgan fingerprint density at radius 1 is 0.446 bits per heavy atom. The lowest BCUT2D eigenvalue weighted by molar-refractivity contribution is -0.806. The standard InChI is InChI=1S/C20H21NO.C16H20.C14H17N2.C14H17NO.C14H21N.C12H17N.2C11H16.C8H12N2/c1-20(2,3)17-13-18(14-8-6-5-7-9-14)21-19-12-15(22-4)10-11-16(17)19;1-12(16(2,3)4)14-11-7-9-13-8-5-6-10-15(13)14;1-14(2,3)16-10-9-13(11-15-16)12-7-5-4-6-8-12;1-14(2,3)13-12-6-5-11(16-4)9-10(12)7-8-15-13;1-11(2)13-10-12(3)6-7-14(13)15-8-4-5-9-15;1-10(2)13-9-5-7-11-6-3-4-8-12(11)13;1-11(2,3)9-10-7-5-4-6-8-10;1-10(2)8-9-11-6-4-3-5-7-11;1-8(2,3)7-5-4-6-9-10-7/h5-13H,1-4H3;5-12H,1-4H3;4-11H,1-3H3;5-9H,1-4H3;6-7,10-11H,4-5,8-9H2,1-3H3;3-4,6,8,10H,5,7,9H2,1-2H3;4-8H,9H2,1-3H3;3-7,10H,8-9H2,1-2H3;4-6H,1-3H3/q;;+1;;;;;;. The maximum Gasteiger partial charge on any atom is 0.197 e. The monoisotopic (exact) mass is 1740 g/mol. The molecule has 10 aromatic carbocycles. The molecule has 0 spiro atoms. The van der Waals surface area contributed by atoms with Gasteiger partial charge in [-0.2, -0.15) is 10.2 Å². The Morgan fingerprint density at radius 3 is 1.56 bits per heavy atom. The highest BCUT2D eigenvalue weighted by Gasteiger charge is 2.27. The van der Waals surface area contributed by atoms with E-state index in [1.54, 1.807) is 20.4 Å². The average Bonchev–Trinajstić information content (AvgIpc) is 0.864. The van der Waals surface area contributed by atoms with Gasteiger partial charge in [-0.1, -0.05) is 343 Å². The molecule has 0 aliphatic carbocycles. The highest BCUT2D eigenvalue weighted by atomic mass is 16.5. The minimum atomic E-state index is 0.0369. The molecule has 1 unspecified atom stereocenters. The van der Waals surface area contributed by atoms with Crippen LogP contribution in [0.3, 0.4) is 0 Å². The molecule has 4 aromatic heterocycles. The maximum atomic E-state index is 5.35. The van der Waals surface area contributed by atoms with Gasteiger partial charge in [-0.25, -0.2) is 4.98 Å². The van der Waals surface area contributed by atoms with Gasteiger partial charge >= 0.3 is 0 Å². The molecule has 10 heteroatoms. The van der Waals surface area contributed by atoms with Crippen LogP contribution in [0.15, 0.2) is 298 Å². The van der Waals surface area contributed by atoms with Crippen LogP contribution in [0.4, 0.5) is 11.4 Å². The number of para-hydroxylation sites is 1. The van der Waals surface area contributed by atoms with E-state index >= 15 is 0 Å². The van der Waals surface area contributed by atoms with E-state index in [2.05, 4.69) is 404 Å². The van der Waals surface area contributed by atoms with Gasteiger partial charge in [0.25, 0.3) is 0 Å². The fraction of sp³-hybridized carbons (Fsp3) is 0.400. The molecule has 1 atom stereocenters. The third-order valence-electron chi connectivity index (χ3n) is 23.5. The number of methoxy groups -OCH3 is 2. The Morgan fingerprint density at radius 2 is 1.02 bits per heavy atom. The first kappa shape index (κ1) is 104. The number of hydrogen-bond acceptors (Lipinski definition) is 9. The molecule has 2 aliphatic heterocycles. The number of ether oxygens (including phenoxy) is 2. The van der Waals surface area contributed by atoms with Crippen LogP contribution in [0.1, 0.15) is 261 Å². The predicted molar refractivity (Wildman–Crippen MR) is 560 cm³/mol. The first-order chi connectivity index (χ1) is 61.5. The van der Waals surface area contributed by atoms with Crippen LogP contribution in [0.5, 0.6) is 11.5 Å². The summed E-state index contributed by atoms with van der Waals surface area (Å²) < 4.78 is 12.6. The summed E-state index contributed by atoms with van der Waals surface area (Å²) in [6, 6.07) is 95.9. The third-order valence-corrected chi connectivity index (χ3v) is 23.5. The van der Waals surface area contributed by atoms with Gasteiger partial charge in [-0.3, -0.25) is 4.98 Å². The highest BCUT2D eigenvalue weighted by molar-refractivity contribution is 5.89. The van der Waals surface area contributed by atoms with Gasteiger partial charge in [0.05, 0.1) is 36.8 Å². The number of nitrogens with zero attached hydrogens (tertiary/aromatic N) is 8. The topological polar surface area (TPSA) is 93.3 Å². The Kier molecular flexibility index (Phi) is 39.2. The Hall–Kier alpha value is -11.4. The van der Waals surface area contributed by atoms with Crippen molar-refractivity contribution >= 4 is 43.8 Å². The fourth-order valence-electron chi connectivity index (χ4n) is 15.7. The van der Waals surface area contributed by atoms with Crippen LogP contribution < -0.4 is 24.0 Å². The van der Waals surface area contributed by atoms with Gasteiger partial charge in [0.1, 0.15) is 17.7 Å². The lowest BCUT2D eigenvalue weighted by Crippen LogP contribution is -2.52. The van der Waals surface area contributed by atoms with Crippen molar-refractivity contribution in [3.05, 3.63) is 348 Å². The molecule has 10 nitrogen and oxygen atoms in total. The molecule has 16 rings (SSSR count). The van der Waals surface area contributed by atoms with Crippen LogP contribution in [0.2, 0.25) is 0 Å². The second kappa shape index (κ2) is 49.0. The Balaban J connectivity index is 0.000000182. The first-order valence-corrected chi connectivity index (χ1v) is 47.5. The van der Waals surface area contributed by atoms with Crippen LogP contribution in [-0.4, -0.2) is 65.2 Å². The van der Waals surface area contributed by atoms with Gasteiger partial charge in [0.15, 0.2) is 11.7 Å². The van der Waals surface area contributed by atoms with E-state index in [0.717, 1.165) is 57.6 Å². The SMILES string of the molecule is CC(C)(C)Cc1ccccc1.CC(C)(C)[n+]1ccc(-c2ccccc2)cn1.CC(C)(C)c1cccnn1.CC(C)CCc1ccccc1.CC(C)N1CCCc2ccccc21.CC(c1cccc2ccccc12)C(C)(C)C.COc1ccc2c(C(C)(C)C)cc(-c3ccccc3)nc2c1.COc1ccc2c(C(C)(C)C)nccc2c1.Cc1ccc(N2CCCC2)c(C(C)C)c1. The van der Waals surface area contributed by atoms with Crippen LogP contribution >= 0.6 is 0 Å². The van der Waals surface area contributed by atoms with E-state index in [4.69, 9.17) is 14.5 Å². The molecule has 1 saturated heterocycles. The summed E-state index contributed by atoms with van der Waals surface area (Å²) in [5.41, 5.74) is 21.6. The van der Waals surface area contributed by atoms with Crippen LogP contribution in [0.25, 0.3) is 54.8 Å². The number of hydrogen-bond donors (Lipinski definition) is 0. The minimum absolute atomic E-state index is 0.0369. The highest BCUT2D eigenvalue weighted by Crippen LogP contribution is 2.40. The Labute approximate surface area is 785 Å². The van der Waals surface area contributed by atoms with Crippen molar-refractivity contribution < 1.29 is 14.2 Å². The van der Waals surface area contributed by atoms with Crippen molar-refractivity contribution in [1.82, 2.24) is 25.3 Å².